The van der Waals surface area contributed by atoms with E-state index in [9.17, 15) is 21.6 Å². The standard InChI is InChI=1S/C20H24N2O5S2/c1-28(24,25)19-9-5-4-8-18(19)20(23)21-16-10-12-17(13-11-16)29(26,27)22-14-6-2-3-7-15-22/h4-5,8-13H,2-3,6-7,14-15H2,1H3,(H,21,23). The van der Waals surface area contributed by atoms with Crippen LogP contribution in [0.3, 0.4) is 0 Å². The minimum atomic E-state index is -3.57. The zero-order chi connectivity index (χ0) is 21.1. The lowest BCUT2D eigenvalue weighted by Gasteiger charge is -2.20. The fourth-order valence-corrected chi connectivity index (χ4v) is 5.72. The van der Waals surface area contributed by atoms with Gasteiger partial charge in [-0.15, -0.1) is 0 Å². The molecule has 29 heavy (non-hydrogen) atoms. The van der Waals surface area contributed by atoms with Gasteiger partial charge >= 0.3 is 0 Å². The lowest BCUT2D eigenvalue weighted by molar-refractivity contribution is 0.102. The Morgan fingerprint density at radius 3 is 2.03 bits per heavy atom. The van der Waals surface area contributed by atoms with Crippen LogP contribution in [0.1, 0.15) is 36.0 Å². The Morgan fingerprint density at radius 2 is 1.45 bits per heavy atom. The number of benzene rings is 2. The third kappa shape index (κ3) is 5.04. The van der Waals surface area contributed by atoms with Crippen LogP contribution in [0.4, 0.5) is 5.69 Å². The van der Waals surface area contributed by atoms with E-state index in [1.54, 1.807) is 12.1 Å². The number of carbonyl (C=O) groups is 1. The fraction of sp³-hybridized carbons (Fsp3) is 0.350. The first kappa shape index (κ1) is 21.5. The molecule has 2 aromatic carbocycles. The van der Waals surface area contributed by atoms with Crippen molar-refractivity contribution in [2.24, 2.45) is 0 Å². The second-order valence-corrected chi connectivity index (χ2v) is 11.0. The zero-order valence-electron chi connectivity index (χ0n) is 16.2. The Hall–Kier alpha value is -2.23. The Morgan fingerprint density at radius 1 is 0.862 bits per heavy atom. The van der Waals surface area contributed by atoms with Crippen molar-refractivity contribution in [2.75, 3.05) is 24.7 Å². The van der Waals surface area contributed by atoms with Crippen molar-refractivity contribution in [1.82, 2.24) is 4.31 Å². The molecular weight excluding hydrogens is 412 g/mol. The van der Waals surface area contributed by atoms with Crippen molar-refractivity contribution in [1.29, 1.82) is 0 Å². The van der Waals surface area contributed by atoms with Crippen molar-refractivity contribution in [3.05, 3.63) is 54.1 Å². The third-order valence-corrected chi connectivity index (χ3v) is 7.91. The summed E-state index contributed by atoms with van der Waals surface area (Å²) < 4.78 is 50.9. The number of sulfone groups is 1. The summed E-state index contributed by atoms with van der Waals surface area (Å²) in [5.74, 6) is -0.575. The monoisotopic (exact) mass is 436 g/mol. The van der Waals surface area contributed by atoms with Crippen LogP contribution in [-0.4, -0.2) is 46.4 Å². The molecule has 2 aromatic rings. The van der Waals surface area contributed by atoms with Gasteiger partial charge in [0.1, 0.15) is 0 Å². The van der Waals surface area contributed by atoms with Crippen molar-refractivity contribution in [3.8, 4) is 0 Å². The molecule has 1 heterocycles. The Bertz CT molecular complexity index is 1090. The topological polar surface area (TPSA) is 101 Å². The molecule has 0 aromatic heterocycles. The van der Waals surface area contributed by atoms with Gasteiger partial charge in [-0.2, -0.15) is 4.31 Å². The molecule has 1 N–H and O–H groups in total. The molecule has 0 aliphatic carbocycles. The highest BCUT2D eigenvalue weighted by molar-refractivity contribution is 7.90. The van der Waals surface area contributed by atoms with Crippen LogP contribution in [0.25, 0.3) is 0 Å². The second kappa shape index (κ2) is 8.64. The van der Waals surface area contributed by atoms with Gasteiger partial charge in [-0.3, -0.25) is 4.79 Å². The van der Waals surface area contributed by atoms with Gasteiger partial charge in [0, 0.05) is 25.0 Å². The second-order valence-electron chi connectivity index (χ2n) is 7.07. The van der Waals surface area contributed by atoms with Crippen LogP contribution in [0.2, 0.25) is 0 Å². The summed E-state index contributed by atoms with van der Waals surface area (Å²) in [6.45, 7) is 1.03. The van der Waals surface area contributed by atoms with Gasteiger partial charge in [0.25, 0.3) is 5.91 Å². The van der Waals surface area contributed by atoms with Crippen molar-refractivity contribution < 1.29 is 21.6 Å². The first-order valence-electron chi connectivity index (χ1n) is 9.40. The quantitative estimate of drug-likeness (QED) is 0.777. The molecule has 0 spiro atoms. The molecule has 3 rings (SSSR count). The SMILES string of the molecule is CS(=O)(=O)c1ccccc1C(=O)Nc1ccc(S(=O)(=O)N2CCCCCC2)cc1. The van der Waals surface area contributed by atoms with Gasteiger partial charge in [-0.05, 0) is 49.2 Å². The number of rotatable bonds is 5. The number of carbonyl (C=O) groups excluding carboxylic acids is 1. The Labute approximate surface area is 171 Å². The molecule has 0 saturated carbocycles. The maximum Gasteiger partial charge on any atom is 0.256 e. The van der Waals surface area contributed by atoms with E-state index in [0.717, 1.165) is 31.9 Å². The highest BCUT2D eigenvalue weighted by atomic mass is 32.2. The van der Waals surface area contributed by atoms with Crippen LogP contribution in [0, 0.1) is 0 Å². The van der Waals surface area contributed by atoms with Crippen molar-refractivity contribution in [3.63, 3.8) is 0 Å². The lowest BCUT2D eigenvalue weighted by Crippen LogP contribution is -2.31. The van der Waals surface area contributed by atoms with E-state index in [0.29, 0.717) is 18.8 Å². The van der Waals surface area contributed by atoms with Crippen LogP contribution < -0.4 is 5.32 Å². The average Bonchev–Trinajstić information content (AvgIpc) is 2.98. The van der Waals surface area contributed by atoms with Crippen LogP contribution >= 0.6 is 0 Å². The maximum atomic E-state index is 12.8. The van der Waals surface area contributed by atoms with E-state index < -0.39 is 25.8 Å². The largest absolute Gasteiger partial charge is 0.322 e. The summed E-state index contributed by atoms with van der Waals surface area (Å²) in [4.78, 5) is 12.7. The lowest BCUT2D eigenvalue weighted by atomic mass is 10.2. The van der Waals surface area contributed by atoms with E-state index in [1.807, 2.05) is 0 Å². The number of nitrogens with zero attached hydrogens (tertiary/aromatic N) is 1. The van der Waals surface area contributed by atoms with Gasteiger partial charge < -0.3 is 5.32 Å². The van der Waals surface area contributed by atoms with Gasteiger partial charge in [-0.1, -0.05) is 25.0 Å². The number of sulfonamides is 1. The summed E-state index contributed by atoms with van der Waals surface area (Å²) in [6.07, 6.45) is 4.82. The molecule has 0 bridgehead atoms. The summed E-state index contributed by atoms with van der Waals surface area (Å²) in [7, 11) is -7.13. The Kier molecular flexibility index (Phi) is 6.40. The molecule has 1 aliphatic rings. The molecule has 7 nitrogen and oxygen atoms in total. The normalized spacial score (nSPS) is 16.2. The minimum absolute atomic E-state index is 0.0382. The molecule has 9 heteroatoms. The van der Waals surface area contributed by atoms with Gasteiger partial charge in [0.05, 0.1) is 15.4 Å². The van der Waals surface area contributed by atoms with E-state index >= 15 is 0 Å². The van der Waals surface area contributed by atoms with E-state index in [4.69, 9.17) is 0 Å². The first-order valence-corrected chi connectivity index (χ1v) is 12.7. The molecule has 1 fully saturated rings. The van der Waals surface area contributed by atoms with Crippen molar-refractivity contribution >= 4 is 31.5 Å². The predicted molar refractivity (Wildman–Crippen MR) is 111 cm³/mol. The number of hydrogen-bond acceptors (Lipinski definition) is 5. The first-order chi connectivity index (χ1) is 13.7. The molecule has 0 atom stereocenters. The molecule has 1 saturated heterocycles. The van der Waals surface area contributed by atoms with Gasteiger partial charge in [0.15, 0.2) is 9.84 Å². The van der Waals surface area contributed by atoms with Crippen LogP contribution in [0.15, 0.2) is 58.3 Å². The highest BCUT2D eigenvalue weighted by Crippen LogP contribution is 2.23. The van der Waals surface area contributed by atoms with Crippen molar-refractivity contribution in [2.45, 2.75) is 35.5 Å². The summed E-state index contributed by atoms with van der Waals surface area (Å²) in [6, 6.07) is 11.9. The number of hydrogen-bond donors (Lipinski definition) is 1. The predicted octanol–water partition coefficient (Wildman–Crippen LogP) is 2.91. The fourth-order valence-electron chi connectivity index (χ4n) is 3.32. The molecule has 0 radical (unpaired) electrons. The van der Waals surface area contributed by atoms with Crippen LogP contribution in [-0.2, 0) is 19.9 Å². The highest BCUT2D eigenvalue weighted by Gasteiger charge is 2.25. The average molecular weight is 437 g/mol. The molecule has 1 aliphatic heterocycles. The number of nitrogens with one attached hydrogen (secondary N) is 1. The molecular formula is C20H24N2O5S2. The summed E-state index contributed by atoms with van der Waals surface area (Å²) in [5.41, 5.74) is 0.421. The minimum Gasteiger partial charge on any atom is -0.322 e. The molecule has 1 amide bonds. The van der Waals surface area contributed by atoms with E-state index in [-0.39, 0.29) is 15.4 Å². The molecule has 0 unspecified atom stereocenters. The number of anilines is 1. The Balaban J connectivity index is 1.79. The number of amides is 1. The maximum absolute atomic E-state index is 12.8. The summed E-state index contributed by atoms with van der Waals surface area (Å²) >= 11 is 0. The van der Waals surface area contributed by atoms with Gasteiger partial charge in [0.2, 0.25) is 10.0 Å². The summed E-state index contributed by atoms with van der Waals surface area (Å²) in [5, 5.41) is 2.63. The van der Waals surface area contributed by atoms with Gasteiger partial charge in [-0.25, -0.2) is 16.8 Å². The molecule has 156 valence electrons. The van der Waals surface area contributed by atoms with E-state index in [2.05, 4.69) is 5.32 Å². The smallest absolute Gasteiger partial charge is 0.256 e. The zero-order valence-corrected chi connectivity index (χ0v) is 17.8. The third-order valence-electron chi connectivity index (χ3n) is 4.85. The van der Waals surface area contributed by atoms with Crippen LogP contribution in [0.5, 0.6) is 0 Å². The van der Waals surface area contributed by atoms with E-state index in [1.165, 1.54) is 40.7 Å².